The molecule has 0 unspecified atom stereocenters. The van der Waals surface area contributed by atoms with Crippen LogP contribution in [0.2, 0.25) is 0 Å². The van der Waals surface area contributed by atoms with Gasteiger partial charge in [-0.2, -0.15) is 0 Å². The van der Waals surface area contributed by atoms with Crippen molar-refractivity contribution < 1.29 is 13.9 Å². The van der Waals surface area contributed by atoms with Gasteiger partial charge >= 0.3 is 0 Å². The summed E-state index contributed by atoms with van der Waals surface area (Å²) in [5.41, 5.74) is -1.14. The molecule has 0 radical (unpaired) electrons. The van der Waals surface area contributed by atoms with Gasteiger partial charge < -0.3 is 10.0 Å². The van der Waals surface area contributed by atoms with Crippen molar-refractivity contribution in [1.29, 1.82) is 0 Å². The Kier molecular flexibility index (Phi) is 2.73. The molecule has 1 heterocycles. The van der Waals surface area contributed by atoms with Crippen LogP contribution in [0, 0.1) is 0 Å². The Balaban J connectivity index is 1.78. The highest BCUT2D eigenvalue weighted by Gasteiger charge is 2.56. The van der Waals surface area contributed by atoms with Crippen LogP contribution in [-0.4, -0.2) is 66.2 Å². The third kappa shape index (κ3) is 2.65. The number of hydrogen-bond acceptors (Lipinski definition) is 3. The molecule has 2 fully saturated rings. The Hall–Kier alpha value is -0.260. The van der Waals surface area contributed by atoms with Crippen LogP contribution in [0.3, 0.4) is 0 Å². The Labute approximate surface area is 88.7 Å². The van der Waals surface area contributed by atoms with E-state index in [0.717, 1.165) is 26.2 Å². The van der Waals surface area contributed by atoms with Gasteiger partial charge in [0.2, 0.25) is 0 Å². The molecule has 0 aromatic rings. The molecule has 5 heteroatoms. The van der Waals surface area contributed by atoms with Crippen LogP contribution in [0.5, 0.6) is 0 Å². The molecule has 0 atom stereocenters. The fraction of sp³-hybridized carbons (Fsp3) is 1.00. The number of likely N-dealkylation sites (N-methyl/N-ethyl adjacent to an activating group) is 1. The lowest BCUT2D eigenvalue weighted by Crippen LogP contribution is -2.59. The number of rotatable bonds is 2. The molecule has 2 rings (SSSR count). The number of alkyl halides is 2. The van der Waals surface area contributed by atoms with Gasteiger partial charge in [-0.15, -0.1) is 0 Å². The Bertz CT molecular complexity index is 232. The summed E-state index contributed by atoms with van der Waals surface area (Å²) < 4.78 is 25.3. The smallest absolute Gasteiger partial charge is 0.253 e. The van der Waals surface area contributed by atoms with Gasteiger partial charge in [-0.05, 0) is 7.05 Å². The molecule has 1 saturated heterocycles. The first kappa shape index (κ1) is 11.2. The summed E-state index contributed by atoms with van der Waals surface area (Å²) in [6.45, 7) is 4.03. The average molecular weight is 220 g/mol. The van der Waals surface area contributed by atoms with Gasteiger partial charge in [0, 0.05) is 45.6 Å². The van der Waals surface area contributed by atoms with Gasteiger partial charge in [-0.3, -0.25) is 4.90 Å². The fourth-order valence-electron chi connectivity index (χ4n) is 2.45. The van der Waals surface area contributed by atoms with E-state index in [-0.39, 0.29) is 12.8 Å². The van der Waals surface area contributed by atoms with Gasteiger partial charge in [0.25, 0.3) is 5.92 Å². The van der Waals surface area contributed by atoms with Crippen LogP contribution in [0.4, 0.5) is 8.78 Å². The van der Waals surface area contributed by atoms with E-state index in [0.29, 0.717) is 6.54 Å². The monoisotopic (exact) mass is 220 g/mol. The fourth-order valence-corrected chi connectivity index (χ4v) is 2.45. The summed E-state index contributed by atoms with van der Waals surface area (Å²) in [6, 6.07) is 0. The third-order valence-corrected chi connectivity index (χ3v) is 3.29. The van der Waals surface area contributed by atoms with Crippen molar-refractivity contribution >= 4 is 0 Å². The highest BCUT2D eigenvalue weighted by atomic mass is 19.3. The summed E-state index contributed by atoms with van der Waals surface area (Å²) >= 11 is 0. The maximum atomic E-state index is 12.7. The number of halogens is 2. The number of aliphatic hydroxyl groups is 1. The number of hydrogen-bond donors (Lipinski definition) is 1. The Morgan fingerprint density at radius 3 is 2.13 bits per heavy atom. The molecular formula is C10H18F2N2O. The highest BCUT2D eigenvalue weighted by molar-refractivity contribution is 5.01. The topological polar surface area (TPSA) is 26.7 Å². The minimum absolute atomic E-state index is 0.369. The molecule has 1 N–H and O–H groups in total. The second-order valence-corrected chi connectivity index (χ2v) is 5.01. The quantitative estimate of drug-likeness (QED) is 0.729. The Morgan fingerprint density at radius 2 is 1.67 bits per heavy atom. The summed E-state index contributed by atoms with van der Waals surface area (Å²) in [6.07, 6.45) is -0.737. The molecule has 3 nitrogen and oxygen atoms in total. The Morgan fingerprint density at radius 1 is 1.13 bits per heavy atom. The van der Waals surface area contributed by atoms with Crippen LogP contribution >= 0.6 is 0 Å². The molecule has 1 saturated carbocycles. The number of piperazine rings is 1. The van der Waals surface area contributed by atoms with Gasteiger partial charge in [0.05, 0.1) is 5.60 Å². The summed E-state index contributed by atoms with van der Waals surface area (Å²) in [7, 11) is 2.05. The predicted octanol–water partition coefficient (Wildman–Crippen LogP) is 0.394. The van der Waals surface area contributed by atoms with Crippen LogP contribution < -0.4 is 0 Å². The van der Waals surface area contributed by atoms with E-state index in [1.807, 2.05) is 7.05 Å². The van der Waals surface area contributed by atoms with Crippen molar-refractivity contribution in [3.63, 3.8) is 0 Å². The van der Waals surface area contributed by atoms with Crippen LogP contribution in [0.15, 0.2) is 0 Å². The molecule has 88 valence electrons. The van der Waals surface area contributed by atoms with E-state index in [4.69, 9.17) is 0 Å². The second kappa shape index (κ2) is 3.64. The number of β-amino-alcohol motifs (C(OH)–C–C–N with tert-alkyl or cyclic N) is 1. The zero-order valence-corrected chi connectivity index (χ0v) is 9.05. The van der Waals surface area contributed by atoms with E-state index in [9.17, 15) is 13.9 Å². The maximum absolute atomic E-state index is 12.7. The van der Waals surface area contributed by atoms with Crippen molar-refractivity contribution in [2.75, 3.05) is 39.8 Å². The van der Waals surface area contributed by atoms with Crippen molar-refractivity contribution in [2.45, 2.75) is 24.4 Å². The molecule has 2 aliphatic rings. The molecule has 15 heavy (non-hydrogen) atoms. The van der Waals surface area contributed by atoms with Gasteiger partial charge in [-0.25, -0.2) is 8.78 Å². The molecule has 0 bridgehead atoms. The van der Waals surface area contributed by atoms with Crippen LogP contribution in [0.25, 0.3) is 0 Å². The molecule has 0 aromatic carbocycles. The van der Waals surface area contributed by atoms with Crippen molar-refractivity contribution in [2.24, 2.45) is 0 Å². The maximum Gasteiger partial charge on any atom is 0.253 e. The highest BCUT2D eigenvalue weighted by Crippen LogP contribution is 2.45. The summed E-state index contributed by atoms with van der Waals surface area (Å²) in [4.78, 5) is 4.28. The SMILES string of the molecule is CN1CCN(CC2(O)CC(F)(F)C2)CC1. The normalized spacial score (nSPS) is 31.2. The summed E-state index contributed by atoms with van der Waals surface area (Å²) in [5, 5.41) is 9.83. The predicted molar refractivity (Wildman–Crippen MR) is 53.1 cm³/mol. The second-order valence-electron chi connectivity index (χ2n) is 5.01. The van der Waals surface area contributed by atoms with Crippen molar-refractivity contribution in [1.82, 2.24) is 9.80 Å². The van der Waals surface area contributed by atoms with E-state index < -0.39 is 11.5 Å². The zero-order chi connectivity index (χ0) is 11.1. The van der Waals surface area contributed by atoms with Gasteiger partial charge in [-0.1, -0.05) is 0 Å². The lowest BCUT2D eigenvalue weighted by molar-refractivity contribution is -0.212. The van der Waals surface area contributed by atoms with Crippen LogP contribution in [-0.2, 0) is 0 Å². The van der Waals surface area contributed by atoms with Crippen molar-refractivity contribution in [3.8, 4) is 0 Å². The molecular weight excluding hydrogens is 202 g/mol. The third-order valence-electron chi connectivity index (χ3n) is 3.29. The number of nitrogens with zero attached hydrogens (tertiary/aromatic N) is 2. The van der Waals surface area contributed by atoms with Gasteiger partial charge in [0.1, 0.15) is 0 Å². The first-order chi connectivity index (χ1) is 6.89. The van der Waals surface area contributed by atoms with Gasteiger partial charge in [0.15, 0.2) is 0 Å². The van der Waals surface area contributed by atoms with Crippen LogP contribution in [0.1, 0.15) is 12.8 Å². The standard InChI is InChI=1S/C10H18F2N2O/c1-13-2-4-14(5-3-13)8-9(15)6-10(11,12)7-9/h15H,2-8H2,1H3. The molecule has 1 aliphatic heterocycles. The first-order valence-electron chi connectivity index (χ1n) is 5.40. The average Bonchev–Trinajstić information content (AvgIpc) is 2.05. The lowest BCUT2D eigenvalue weighted by Gasteiger charge is -2.46. The molecule has 1 aliphatic carbocycles. The zero-order valence-electron chi connectivity index (χ0n) is 9.05. The van der Waals surface area contributed by atoms with E-state index in [1.54, 1.807) is 0 Å². The molecule has 0 aromatic heterocycles. The summed E-state index contributed by atoms with van der Waals surface area (Å²) in [5.74, 6) is -2.64. The largest absolute Gasteiger partial charge is 0.388 e. The first-order valence-corrected chi connectivity index (χ1v) is 5.40. The lowest BCUT2D eigenvalue weighted by atomic mass is 9.76. The minimum Gasteiger partial charge on any atom is -0.388 e. The minimum atomic E-state index is -2.64. The van der Waals surface area contributed by atoms with Crippen molar-refractivity contribution in [3.05, 3.63) is 0 Å². The van der Waals surface area contributed by atoms with E-state index in [1.165, 1.54) is 0 Å². The molecule has 0 amide bonds. The van der Waals surface area contributed by atoms with E-state index >= 15 is 0 Å². The van der Waals surface area contributed by atoms with E-state index in [2.05, 4.69) is 9.80 Å². The molecule has 0 spiro atoms.